The van der Waals surface area contributed by atoms with Gasteiger partial charge in [0, 0.05) is 14.8 Å². The van der Waals surface area contributed by atoms with E-state index in [-0.39, 0.29) is 0 Å². The van der Waals surface area contributed by atoms with Crippen LogP contribution in [0.1, 0.15) is 26.7 Å². The van der Waals surface area contributed by atoms with Gasteiger partial charge in [0.25, 0.3) is 0 Å². The minimum absolute atomic E-state index is 0.684. The van der Waals surface area contributed by atoms with Crippen molar-refractivity contribution in [3.63, 3.8) is 0 Å². The molecule has 10 heavy (non-hydrogen) atoms. The molecule has 1 heterocycles. The largest absolute Gasteiger partial charge is 0.0942 e. The van der Waals surface area contributed by atoms with E-state index >= 15 is 0 Å². The van der Waals surface area contributed by atoms with Crippen LogP contribution in [0, 0.1) is 5.92 Å². The highest BCUT2D eigenvalue weighted by atomic mass is 14.1. The Labute approximate surface area is 66.9 Å². The maximum atomic E-state index is 5.53. The van der Waals surface area contributed by atoms with E-state index in [9.17, 15) is 0 Å². The zero-order valence-corrected chi connectivity index (χ0v) is 7.01. The topological polar surface area (TPSA) is 0 Å². The van der Waals surface area contributed by atoms with E-state index < -0.39 is 0 Å². The molecule has 3 heteroatoms. The van der Waals surface area contributed by atoms with Crippen molar-refractivity contribution in [2.24, 2.45) is 5.92 Å². The van der Waals surface area contributed by atoms with Crippen LogP contribution in [0.25, 0.3) is 0 Å². The van der Waals surface area contributed by atoms with Crippen molar-refractivity contribution in [3.8, 4) is 0 Å². The minimum Gasteiger partial charge on any atom is -0.0815 e. The Morgan fingerprint density at radius 2 is 2.20 bits per heavy atom. The lowest BCUT2D eigenvalue weighted by Crippen LogP contribution is -2.34. The van der Waals surface area contributed by atoms with Gasteiger partial charge in [0.05, 0.1) is 6.60 Å². The predicted molar refractivity (Wildman–Crippen MR) is 49.9 cm³/mol. The van der Waals surface area contributed by atoms with Gasteiger partial charge in [0.15, 0.2) is 0 Å². The van der Waals surface area contributed by atoms with Gasteiger partial charge in [0.2, 0.25) is 0 Å². The van der Waals surface area contributed by atoms with Gasteiger partial charge in [-0.15, -0.1) is 0 Å². The van der Waals surface area contributed by atoms with Crippen LogP contribution in [0.15, 0.2) is 0 Å². The quantitative estimate of drug-likeness (QED) is 0.473. The van der Waals surface area contributed by atoms with E-state index in [1.165, 1.54) is 19.2 Å². The first kappa shape index (κ1) is 8.29. The molecule has 0 bridgehead atoms. The molecule has 0 N–H and O–H groups in total. The molecule has 0 aromatic carbocycles. The average molecular weight is 131 g/mol. The molecule has 1 aliphatic rings. The Bertz CT molecular complexity index is 105. The molecule has 0 spiro atoms. The molecule has 0 saturated carbocycles. The van der Waals surface area contributed by atoms with Crippen LogP contribution >= 0.6 is 0 Å². The molecule has 3 radical (unpaired) electrons. The maximum absolute atomic E-state index is 5.53. The normalized spacial score (nSPS) is 34.0. The Hall–Kier alpha value is 0.195. The highest BCUT2D eigenvalue weighted by Crippen LogP contribution is 2.32. The number of hydrogen-bond acceptors (Lipinski definition) is 0. The highest BCUT2D eigenvalue weighted by molar-refractivity contribution is 7.31. The third-order valence-electron chi connectivity index (χ3n) is 3.02. The van der Waals surface area contributed by atoms with Gasteiger partial charge in [-0.3, -0.25) is 0 Å². The Morgan fingerprint density at radius 3 is 2.70 bits per heavy atom. The fourth-order valence-electron chi connectivity index (χ4n) is 1.89. The van der Waals surface area contributed by atoms with Crippen LogP contribution in [0.5, 0.6) is 0 Å². The molecule has 1 rings (SSSR count). The molecule has 0 aromatic heterocycles. The lowest BCUT2D eigenvalue weighted by Gasteiger charge is -2.31. The SMILES string of the molecule is [B][B]B1CCCC(C)C1C. The van der Waals surface area contributed by atoms with Crippen LogP contribution in [-0.4, -0.2) is 21.4 Å². The van der Waals surface area contributed by atoms with Crippen LogP contribution in [0.4, 0.5) is 0 Å². The van der Waals surface area contributed by atoms with Crippen molar-refractivity contribution in [2.45, 2.75) is 38.8 Å². The monoisotopic (exact) mass is 131 g/mol. The molecular weight excluding hydrogens is 117 g/mol. The van der Waals surface area contributed by atoms with Crippen molar-refractivity contribution in [1.82, 2.24) is 0 Å². The van der Waals surface area contributed by atoms with E-state index in [0.29, 0.717) is 6.60 Å². The molecule has 0 aromatic rings. The van der Waals surface area contributed by atoms with E-state index in [1.54, 1.807) is 0 Å². The summed E-state index contributed by atoms with van der Waals surface area (Å²) in [6.45, 7) is 5.34. The zero-order valence-electron chi connectivity index (χ0n) is 7.01. The lowest BCUT2D eigenvalue weighted by molar-refractivity contribution is 0.479. The second-order valence-electron chi connectivity index (χ2n) is 3.62. The summed E-state index contributed by atoms with van der Waals surface area (Å²) in [6, 6.07) is 0. The average Bonchev–Trinajstić information content (AvgIpc) is 1.95. The first-order valence-electron chi connectivity index (χ1n) is 4.30. The second-order valence-corrected chi connectivity index (χ2v) is 3.62. The molecule has 1 aliphatic heterocycles. The van der Waals surface area contributed by atoms with Gasteiger partial charge < -0.3 is 0 Å². The first-order valence-corrected chi connectivity index (χ1v) is 4.30. The van der Waals surface area contributed by atoms with Gasteiger partial charge in [-0.1, -0.05) is 38.8 Å². The number of rotatable bonds is 1. The number of hydrogen-bond donors (Lipinski definition) is 0. The maximum Gasteiger partial charge on any atom is 0.0942 e. The molecular formula is C7H14B3. The minimum atomic E-state index is 0.684. The Kier molecular flexibility index (Phi) is 2.94. The van der Waals surface area contributed by atoms with Gasteiger partial charge in [0.1, 0.15) is 0 Å². The smallest absolute Gasteiger partial charge is 0.0815 e. The summed E-state index contributed by atoms with van der Waals surface area (Å²) in [5, 5.41) is 0. The van der Waals surface area contributed by atoms with E-state index in [0.717, 1.165) is 11.7 Å². The molecule has 0 amide bonds. The van der Waals surface area contributed by atoms with Crippen molar-refractivity contribution in [2.75, 3.05) is 0 Å². The van der Waals surface area contributed by atoms with Crippen molar-refractivity contribution < 1.29 is 0 Å². The standard InChI is InChI=1S/C7H14B3/c1-6-4-3-5-10(9-8)7(6)2/h6-7H,3-5H2,1-2H3. The lowest BCUT2D eigenvalue weighted by atomic mass is 9.07. The fraction of sp³-hybridized carbons (Fsp3) is 1.00. The Morgan fingerprint density at radius 1 is 1.50 bits per heavy atom. The van der Waals surface area contributed by atoms with Gasteiger partial charge >= 0.3 is 0 Å². The summed E-state index contributed by atoms with van der Waals surface area (Å²) in [6.07, 6.45) is 4.07. The van der Waals surface area contributed by atoms with Gasteiger partial charge in [-0.2, -0.15) is 0 Å². The van der Waals surface area contributed by atoms with E-state index in [2.05, 4.69) is 13.8 Å². The molecule has 2 atom stereocenters. The molecule has 2 unspecified atom stereocenters. The summed E-state index contributed by atoms with van der Waals surface area (Å²) in [5.41, 5.74) is 0. The summed E-state index contributed by atoms with van der Waals surface area (Å²) < 4.78 is 0. The first-order chi connectivity index (χ1) is 4.75. The van der Waals surface area contributed by atoms with Crippen LogP contribution in [0.3, 0.4) is 0 Å². The summed E-state index contributed by atoms with van der Waals surface area (Å²) >= 11 is 0. The van der Waals surface area contributed by atoms with E-state index in [1.807, 2.05) is 7.06 Å². The molecule has 1 saturated heterocycles. The third kappa shape index (κ3) is 1.62. The fourth-order valence-corrected chi connectivity index (χ4v) is 1.89. The predicted octanol–water partition coefficient (Wildman–Crippen LogP) is 1.59. The third-order valence-corrected chi connectivity index (χ3v) is 3.02. The summed E-state index contributed by atoms with van der Waals surface area (Å²) in [7, 11) is 7.42. The summed E-state index contributed by atoms with van der Waals surface area (Å²) in [5.74, 6) is 1.68. The zero-order chi connectivity index (χ0) is 7.56. The van der Waals surface area contributed by atoms with Crippen LogP contribution in [-0.2, 0) is 0 Å². The summed E-state index contributed by atoms with van der Waals surface area (Å²) in [4.78, 5) is 0. The molecule has 0 nitrogen and oxygen atoms in total. The molecule has 0 aliphatic carbocycles. The molecule has 1 fully saturated rings. The second kappa shape index (κ2) is 3.55. The highest BCUT2D eigenvalue weighted by Gasteiger charge is 2.27. The van der Waals surface area contributed by atoms with Crippen LogP contribution in [0.2, 0.25) is 12.1 Å². The van der Waals surface area contributed by atoms with E-state index in [4.69, 9.17) is 7.74 Å². The van der Waals surface area contributed by atoms with Gasteiger partial charge in [-0.05, 0) is 5.92 Å². The van der Waals surface area contributed by atoms with Gasteiger partial charge in [-0.25, -0.2) is 0 Å². The Balaban J connectivity index is 2.42. The van der Waals surface area contributed by atoms with Crippen LogP contribution < -0.4 is 0 Å². The van der Waals surface area contributed by atoms with Crippen molar-refractivity contribution in [1.29, 1.82) is 0 Å². The molecule has 51 valence electrons. The van der Waals surface area contributed by atoms with Crippen molar-refractivity contribution in [3.05, 3.63) is 0 Å². The van der Waals surface area contributed by atoms with Crippen molar-refractivity contribution >= 4 is 21.4 Å².